The number of aromatic nitrogens is 2. The Morgan fingerprint density at radius 3 is 2.74 bits per heavy atom. The predicted octanol–water partition coefficient (Wildman–Crippen LogP) is 3.56. The van der Waals surface area contributed by atoms with Crippen LogP contribution in [0.3, 0.4) is 0 Å². The lowest BCUT2D eigenvalue weighted by Crippen LogP contribution is -1.99. The van der Waals surface area contributed by atoms with Gasteiger partial charge in [-0.1, -0.05) is 32.0 Å². The lowest BCUT2D eigenvalue weighted by atomic mass is 10.0. The van der Waals surface area contributed by atoms with Crippen molar-refractivity contribution >= 4 is 27.6 Å². The van der Waals surface area contributed by atoms with E-state index < -0.39 is 0 Å². The van der Waals surface area contributed by atoms with E-state index in [0.29, 0.717) is 11.7 Å². The van der Waals surface area contributed by atoms with Crippen LogP contribution in [-0.4, -0.2) is 9.97 Å². The minimum absolute atomic E-state index is 0.504. The lowest BCUT2D eigenvalue weighted by Gasteiger charge is -2.09. The highest BCUT2D eigenvalue weighted by Gasteiger charge is 2.08. The molecule has 0 bridgehead atoms. The van der Waals surface area contributed by atoms with Crippen LogP contribution >= 0.6 is 0 Å². The molecule has 3 heteroatoms. The number of rotatable bonds is 2. The quantitative estimate of drug-likeness (QED) is 0.708. The number of fused-ring (bicyclic) bond motifs is 3. The Morgan fingerprint density at radius 1 is 1.16 bits per heavy atom. The first kappa shape index (κ1) is 11.9. The van der Waals surface area contributed by atoms with E-state index in [1.165, 1.54) is 5.56 Å². The highest BCUT2D eigenvalue weighted by atomic mass is 14.9. The van der Waals surface area contributed by atoms with Crippen LogP contribution in [-0.2, 0) is 6.42 Å². The Labute approximate surface area is 112 Å². The maximum atomic E-state index is 6.00. The van der Waals surface area contributed by atoms with Gasteiger partial charge < -0.3 is 5.73 Å². The molecule has 0 spiro atoms. The van der Waals surface area contributed by atoms with Crippen LogP contribution in [0.4, 0.5) is 5.82 Å². The molecule has 0 atom stereocenters. The van der Waals surface area contributed by atoms with Crippen LogP contribution in [0.25, 0.3) is 21.8 Å². The highest BCUT2D eigenvalue weighted by molar-refractivity contribution is 6.08. The molecule has 0 amide bonds. The number of hydrogen-bond acceptors (Lipinski definition) is 3. The molecule has 0 saturated carbocycles. The summed E-state index contributed by atoms with van der Waals surface area (Å²) in [6.45, 7) is 4.42. The number of nitrogens with two attached hydrogens (primary N) is 1. The third-order valence-corrected chi connectivity index (χ3v) is 3.27. The van der Waals surface area contributed by atoms with Gasteiger partial charge in [-0.25, -0.2) is 4.98 Å². The topological polar surface area (TPSA) is 51.8 Å². The Bertz CT molecular complexity index is 747. The Balaban J connectivity index is 2.32. The lowest BCUT2D eigenvalue weighted by molar-refractivity contribution is 0.646. The van der Waals surface area contributed by atoms with E-state index in [1.54, 1.807) is 0 Å². The highest BCUT2D eigenvalue weighted by Crippen LogP contribution is 2.27. The van der Waals surface area contributed by atoms with Crippen LogP contribution in [0.5, 0.6) is 0 Å². The minimum atomic E-state index is 0.504. The Kier molecular flexibility index (Phi) is 2.82. The number of benzene rings is 1. The smallest absolute Gasteiger partial charge is 0.150 e. The maximum Gasteiger partial charge on any atom is 0.150 e. The number of para-hydroxylation sites is 1. The Morgan fingerprint density at radius 2 is 1.95 bits per heavy atom. The molecule has 0 saturated heterocycles. The summed E-state index contributed by atoms with van der Waals surface area (Å²) >= 11 is 0. The van der Waals surface area contributed by atoms with Gasteiger partial charge in [-0.3, -0.25) is 4.98 Å². The van der Waals surface area contributed by atoms with Gasteiger partial charge in [0.2, 0.25) is 0 Å². The van der Waals surface area contributed by atoms with Gasteiger partial charge in [-0.2, -0.15) is 0 Å². The summed E-state index contributed by atoms with van der Waals surface area (Å²) in [5.41, 5.74) is 8.97. The first-order valence-corrected chi connectivity index (χ1v) is 6.58. The van der Waals surface area contributed by atoms with Crippen molar-refractivity contribution in [1.29, 1.82) is 0 Å². The van der Waals surface area contributed by atoms with Gasteiger partial charge in [0, 0.05) is 17.0 Å². The van der Waals surface area contributed by atoms with Crippen molar-refractivity contribution < 1.29 is 0 Å². The molecule has 0 radical (unpaired) electrons. The fourth-order valence-corrected chi connectivity index (χ4v) is 2.48. The molecular weight excluding hydrogens is 234 g/mol. The zero-order valence-corrected chi connectivity index (χ0v) is 11.2. The molecule has 0 aliphatic carbocycles. The van der Waals surface area contributed by atoms with Crippen molar-refractivity contribution in [2.24, 2.45) is 5.92 Å². The summed E-state index contributed by atoms with van der Waals surface area (Å²) < 4.78 is 0. The molecule has 0 aliphatic heterocycles. The molecule has 3 rings (SSSR count). The first-order chi connectivity index (χ1) is 9.15. The number of pyridine rings is 2. The van der Waals surface area contributed by atoms with E-state index in [9.17, 15) is 0 Å². The van der Waals surface area contributed by atoms with Gasteiger partial charge >= 0.3 is 0 Å². The zero-order chi connectivity index (χ0) is 13.4. The molecular formula is C16H17N3. The van der Waals surface area contributed by atoms with Crippen LogP contribution in [0.2, 0.25) is 0 Å². The SMILES string of the molecule is CC(C)Cc1cnc2c(N)nc3ccccc3c2c1. The number of nitrogens with zero attached hydrogens (tertiary/aromatic N) is 2. The molecule has 0 aliphatic rings. The van der Waals surface area contributed by atoms with Crippen molar-refractivity contribution in [3.05, 3.63) is 42.1 Å². The fraction of sp³-hybridized carbons (Fsp3) is 0.250. The third-order valence-electron chi connectivity index (χ3n) is 3.27. The average molecular weight is 251 g/mol. The molecule has 3 nitrogen and oxygen atoms in total. The van der Waals surface area contributed by atoms with E-state index >= 15 is 0 Å². The average Bonchev–Trinajstić information content (AvgIpc) is 2.38. The van der Waals surface area contributed by atoms with Crippen molar-refractivity contribution in [3.8, 4) is 0 Å². The van der Waals surface area contributed by atoms with Crippen LogP contribution in [0.1, 0.15) is 19.4 Å². The van der Waals surface area contributed by atoms with E-state index in [2.05, 4.69) is 35.9 Å². The van der Waals surface area contributed by atoms with E-state index in [0.717, 1.165) is 28.2 Å². The van der Waals surface area contributed by atoms with Crippen molar-refractivity contribution in [1.82, 2.24) is 9.97 Å². The van der Waals surface area contributed by atoms with Gasteiger partial charge in [0.15, 0.2) is 5.82 Å². The molecule has 2 aromatic heterocycles. The van der Waals surface area contributed by atoms with Crippen molar-refractivity contribution in [2.75, 3.05) is 5.73 Å². The summed E-state index contributed by atoms with van der Waals surface area (Å²) in [4.78, 5) is 8.91. The molecule has 2 N–H and O–H groups in total. The van der Waals surface area contributed by atoms with Crippen molar-refractivity contribution in [2.45, 2.75) is 20.3 Å². The van der Waals surface area contributed by atoms with E-state index in [1.807, 2.05) is 24.4 Å². The number of nitrogen functional groups attached to an aromatic ring is 1. The van der Waals surface area contributed by atoms with Gasteiger partial charge in [0.1, 0.15) is 5.52 Å². The molecule has 0 fully saturated rings. The number of hydrogen-bond donors (Lipinski definition) is 1. The summed E-state index contributed by atoms with van der Waals surface area (Å²) in [6, 6.07) is 10.3. The molecule has 2 heterocycles. The van der Waals surface area contributed by atoms with Crippen LogP contribution in [0.15, 0.2) is 36.5 Å². The normalized spacial score (nSPS) is 11.5. The monoisotopic (exact) mass is 251 g/mol. The molecule has 0 unspecified atom stereocenters. The molecule has 1 aromatic carbocycles. The second-order valence-corrected chi connectivity index (χ2v) is 5.35. The van der Waals surface area contributed by atoms with E-state index in [4.69, 9.17) is 5.73 Å². The largest absolute Gasteiger partial charge is 0.382 e. The van der Waals surface area contributed by atoms with Crippen LogP contribution < -0.4 is 5.73 Å². The summed E-state index contributed by atoms with van der Waals surface area (Å²) in [5.74, 6) is 1.12. The van der Waals surface area contributed by atoms with Gasteiger partial charge in [0.05, 0.1) is 5.52 Å². The summed E-state index contributed by atoms with van der Waals surface area (Å²) in [7, 11) is 0. The van der Waals surface area contributed by atoms with Crippen LogP contribution in [0, 0.1) is 5.92 Å². The minimum Gasteiger partial charge on any atom is -0.382 e. The standard InChI is InChI=1S/C16H17N3/c1-10(2)7-11-8-13-12-5-3-4-6-14(12)19-16(17)15(13)18-9-11/h3-6,8-10H,7H2,1-2H3,(H2,17,19). The summed E-state index contributed by atoms with van der Waals surface area (Å²) in [5, 5.41) is 2.21. The molecule has 3 aromatic rings. The molecule has 96 valence electrons. The predicted molar refractivity (Wildman–Crippen MR) is 80.0 cm³/mol. The second kappa shape index (κ2) is 4.50. The zero-order valence-electron chi connectivity index (χ0n) is 11.2. The fourth-order valence-electron chi connectivity index (χ4n) is 2.48. The van der Waals surface area contributed by atoms with Gasteiger partial charge in [-0.05, 0) is 30.0 Å². The summed E-state index contributed by atoms with van der Waals surface area (Å²) in [6.07, 6.45) is 2.94. The van der Waals surface area contributed by atoms with Gasteiger partial charge in [-0.15, -0.1) is 0 Å². The Hall–Kier alpha value is -2.16. The second-order valence-electron chi connectivity index (χ2n) is 5.35. The maximum absolute atomic E-state index is 6.00. The number of anilines is 1. The first-order valence-electron chi connectivity index (χ1n) is 6.58. The van der Waals surface area contributed by atoms with Gasteiger partial charge in [0.25, 0.3) is 0 Å². The van der Waals surface area contributed by atoms with E-state index in [-0.39, 0.29) is 0 Å². The third kappa shape index (κ3) is 2.12. The molecule has 19 heavy (non-hydrogen) atoms. The van der Waals surface area contributed by atoms with Crippen molar-refractivity contribution in [3.63, 3.8) is 0 Å².